The van der Waals surface area contributed by atoms with Crippen LogP contribution in [0.2, 0.25) is 0 Å². The van der Waals surface area contributed by atoms with Crippen LogP contribution in [0.1, 0.15) is 20.7 Å². The Morgan fingerprint density at radius 2 is 1.17 bits per heavy atom. The molecule has 90 valence electrons. The van der Waals surface area contributed by atoms with Crippen molar-refractivity contribution in [3.8, 4) is 11.1 Å². The summed E-state index contributed by atoms with van der Waals surface area (Å²) in [5.74, 6) is -2.18. The number of carboxylic acid groups (broad SMARTS) is 2. The van der Waals surface area contributed by atoms with E-state index in [4.69, 9.17) is 10.2 Å². The Labute approximate surface area is 102 Å². The minimum Gasteiger partial charge on any atom is -0.478 e. The zero-order valence-electron chi connectivity index (χ0n) is 9.07. The standard InChI is InChI=1S/C12H8N2O4/c15-11(16)9-1-7(3-13-5-9)8-2-10(12(17)18)6-14-4-8/h1-6H,(H,15,16)(H,17,18). The van der Waals surface area contributed by atoms with Gasteiger partial charge in [-0.05, 0) is 12.1 Å². The van der Waals surface area contributed by atoms with Crippen molar-refractivity contribution in [1.82, 2.24) is 9.97 Å². The Morgan fingerprint density at radius 3 is 1.50 bits per heavy atom. The summed E-state index contributed by atoms with van der Waals surface area (Å²) in [6.07, 6.45) is 5.35. The topological polar surface area (TPSA) is 100 Å². The van der Waals surface area contributed by atoms with Gasteiger partial charge in [-0.15, -0.1) is 0 Å². The first-order valence-electron chi connectivity index (χ1n) is 4.95. The molecule has 2 aromatic heterocycles. The summed E-state index contributed by atoms with van der Waals surface area (Å²) in [4.78, 5) is 29.2. The lowest BCUT2D eigenvalue weighted by atomic mass is 10.1. The van der Waals surface area contributed by atoms with Crippen LogP contribution in [-0.2, 0) is 0 Å². The highest BCUT2D eigenvalue weighted by molar-refractivity contribution is 5.90. The summed E-state index contributed by atoms with van der Waals surface area (Å²) >= 11 is 0. The van der Waals surface area contributed by atoms with E-state index in [-0.39, 0.29) is 11.1 Å². The molecule has 0 saturated heterocycles. The molecule has 0 atom stereocenters. The number of carboxylic acids is 2. The molecule has 6 nitrogen and oxygen atoms in total. The molecule has 0 aliphatic rings. The lowest BCUT2D eigenvalue weighted by Crippen LogP contribution is -1.99. The first kappa shape index (κ1) is 11.7. The minimum atomic E-state index is -1.09. The Morgan fingerprint density at radius 1 is 0.778 bits per heavy atom. The van der Waals surface area contributed by atoms with Crippen LogP contribution < -0.4 is 0 Å². The van der Waals surface area contributed by atoms with E-state index < -0.39 is 11.9 Å². The highest BCUT2D eigenvalue weighted by Crippen LogP contribution is 2.19. The monoisotopic (exact) mass is 244 g/mol. The van der Waals surface area contributed by atoms with Gasteiger partial charge in [-0.2, -0.15) is 0 Å². The van der Waals surface area contributed by atoms with Crippen LogP contribution >= 0.6 is 0 Å². The summed E-state index contributed by atoms with van der Waals surface area (Å²) in [5, 5.41) is 17.7. The molecule has 2 N–H and O–H groups in total. The molecule has 0 aliphatic carbocycles. The second-order valence-electron chi connectivity index (χ2n) is 3.53. The Balaban J connectivity index is 2.48. The predicted molar refractivity (Wildman–Crippen MR) is 61.4 cm³/mol. The lowest BCUT2D eigenvalue weighted by molar-refractivity contribution is 0.0685. The van der Waals surface area contributed by atoms with Gasteiger partial charge in [0.1, 0.15) is 0 Å². The third-order valence-corrected chi connectivity index (χ3v) is 2.30. The van der Waals surface area contributed by atoms with E-state index in [1.165, 1.54) is 36.9 Å². The van der Waals surface area contributed by atoms with Crippen molar-refractivity contribution >= 4 is 11.9 Å². The predicted octanol–water partition coefficient (Wildman–Crippen LogP) is 1.54. The number of aromatic carboxylic acids is 2. The molecule has 2 rings (SSSR count). The number of aromatic nitrogens is 2. The SMILES string of the molecule is O=C(O)c1cncc(-c2cncc(C(=O)O)c2)c1. The van der Waals surface area contributed by atoms with Crippen LogP contribution in [-0.4, -0.2) is 32.1 Å². The number of rotatable bonds is 3. The van der Waals surface area contributed by atoms with Crippen molar-refractivity contribution in [2.75, 3.05) is 0 Å². The Hall–Kier alpha value is -2.76. The maximum absolute atomic E-state index is 10.8. The number of pyridine rings is 2. The molecule has 0 unspecified atom stereocenters. The molecule has 0 radical (unpaired) electrons. The highest BCUT2D eigenvalue weighted by atomic mass is 16.4. The molecule has 18 heavy (non-hydrogen) atoms. The van der Waals surface area contributed by atoms with E-state index in [1.54, 1.807) is 0 Å². The van der Waals surface area contributed by atoms with Gasteiger partial charge >= 0.3 is 11.9 Å². The second kappa shape index (κ2) is 4.62. The van der Waals surface area contributed by atoms with Crippen LogP contribution in [0.15, 0.2) is 36.9 Å². The van der Waals surface area contributed by atoms with E-state index in [1.807, 2.05) is 0 Å². The van der Waals surface area contributed by atoms with Crippen molar-refractivity contribution in [3.05, 3.63) is 48.0 Å². The second-order valence-corrected chi connectivity index (χ2v) is 3.53. The summed E-state index contributed by atoms with van der Waals surface area (Å²) in [7, 11) is 0. The van der Waals surface area contributed by atoms with Gasteiger partial charge < -0.3 is 10.2 Å². The van der Waals surface area contributed by atoms with Gasteiger partial charge in [0.2, 0.25) is 0 Å². The smallest absolute Gasteiger partial charge is 0.337 e. The van der Waals surface area contributed by atoms with Gasteiger partial charge in [-0.3, -0.25) is 9.97 Å². The van der Waals surface area contributed by atoms with Crippen molar-refractivity contribution < 1.29 is 19.8 Å². The average molecular weight is 244 g/mol. The lowest BCUT2D eigenvalue weighted by Gasteiger charge is -2.03. The summed E-state index contributed by atoms with van der Waals surface area (Å²) < 4.78 is 0. The number of hydrogen-bond donors (Lipinski definition) is 2. The number of carbonyl (C=O) groups is 2. The van der Waals surface area contributed by atoms with Crippen LogP contribution in [0.4, 0.5) is 0 Å². The molecule has 0 aliphatic heterocycles. The number of nitrogens with zero attached hydrogens (tertiary/aromatic N) is 2. The van der Waals surface area contributed by atoms with Crippen LogP contribution in [0.5, 0.6) is 0 Å². The van der Waals surface area contributed by atoms with Gasteiger partial charge in [-0.25, -0.2) is 9.59 Å². The van der Waals surface area contributed by atoms with Gasteiger partial charge in [0, 0.05) is 35.9 Å². The van der Waals surface area contributed by atoms with E-state index >= 15 is 0 Å². The fraction of sp³-hybridized carbons (Fsp3) is 0. The largest absolute Gasteiger partial charge is 0.478 e. The first-order valence-corrected chi connectivity index (χ1v) is 4.95. The summed E-state index contributed by atoms with van der Waals surface area (Å²) in [6, 6.07) is 2.83. The average Bonchev–Trinajstić information content (AvgIpc) is 2.39. The van der Waals surface area contributed by atoms with Crippen LogP contribution in [0.3, 0.4) is 0 Å². The Bertz CT molecular complexity index is 569. The van der Waals surface area contributed by atoms with Crippen molar-refractivity contribution in [1.29, 1.82) is 0 Å². The normalized spacial score (nSPS) is 10.0. The van der Waals surface area contributed by atoms with E-state index in [2.05, 4.69) is 9.97 Å². The third kappa shape index (κ3) is 2.32. The van der Waals surface area contributed by atoms with Crippen LogP contribution in [0, 0.1) is 0 Å². The molecular formula is C12H8N2O4. The quantitative estimate of drug-likeness (QED) is 0.849. The summed E-state index contributed by atoms with van der Waals surface area (Å²) in [5.41, 5.74) is 1.08. The third-order valence-electron chi connectivity index (χ3n) is 2.30. The maximum Gasteiger partial charge on any atom is 0.337 e. The Kier molecular flexibility index (Phi) is 3.01. The molecule has 0 fully saturated rings. The van der Waals surface area contributed by atoms with Gasteiger partial charge in [0.25, 0.3) is 0 Å². The maximum atomic E-state index is 10.8. The first-order chi connectivity index (χ1) is 8.58. The van der Waals surface area contributed by atoms with Gasteiger partial charge in [-0.1, -0.05) is 0 Å². The van der Waals surface area contributed by atoms with E-state index in [0.29, 0.717) is 11.1 Å². The molecule has 6 heteroatoms. The van der Waals surface area contributed by atoms with Crippen molar-refractivity contribution in [3.63, 3.8) is 0 Å². The van der Waals surface area contributed by atoms with Gasteiger partial charge in [0.05, 0.1) is 11.1 Å². The summed E-state index contributed by atoms with van der Waals surface area (Å²) in [6.45, 7) is 0. The molecule has 0 bridgehead atoms. The zero-order valence-corrected chi connectivity index (χ0v) is 9.07. The van der Waals surface area contributed by atoms with Crippen LogP contribution in [0.25, 0.3) is 11.1 Å². The minimum absolute atomic E-state index is 0.0354. The molecule has 0 amide bonds. The van der Waals surface area contributed by atoms with E-state index in [0.717, 1.165) is 0 Å². The zero-order chi connectivity index (χ0) is 13.1. The fourth-order valence-corrected chi connectivity index (χ4v) is 1.43. The molecule has 0 saturated carbocycles. The van der Waals surface area contributed by atoms with Crippen molar-refractivity contribution in [2.24, 2.45) is 0 Å². The molecule has 2 aromatic rings. The molecule has 0 aromatic carbocycles. The van der Waals surface area contributed by atoms with Gasteiger partial charge in [0.15, 0.2) is 0 Å². The van der Waals surface area contributed by atoms with E-state index in [9.17, 15) is 9.59 Å². The molecule has 2 heterocycles. The highest BCUT2D eigenvalue weighted by Gasteiger charge is 2.08. The fourth-order valence-electron chi connectivity index (χ4n) is 1.43. The molecule has 0 spiro atoms. The molecular weight excluding hydrogens is 236 g/mol. The number of hydrogen-bond acceptors (Lipinski definition) is 4. The van der Waals surface area contributed by atoms with Crippen molar-refractivity contribution in [2.45, 2.75) is 0 Å².